The topological polar surface area (TPSA) is 115 Å². The van der Waals surface area contributed by atoms with E-state index < -0.39 is 27.1 Å². The molecule has 0 saturated heterocycles. The zero-order chi connectivity index (χ0) is 19.8. The Balaban J connectivity index is 1.94. The average Bonchev–Trinajstić information content (AvgIpc) is 3.06. The van der Waals surface area contributed by atoms with Gasteiger partial charge in [-0.05, 0) is 11.6 Å². The third-order valence-electron chi connectivity index (χ3n) is 4.08. The Hall–Kier alpha value is -2.72. The molecule has 0 aliphatic rings. The van der Waals surface area contributed by atoms with Crippen molar-refractivity contribution in [3.63, 3.8) is 0 Å². The molecule has 0 atom stereocenters. The van der Waals surface area contributed by atoms with Crippen molar-refractivity contribution in [3.8, 4) is 0 Å². The van der Waals surface area contributed by atoms with Gasteiger partial charge in [-0.1, -0.05) is 30.3 Å². The van der Waals surface area contributed by atoms with Gasteiger partial charge in [-0.2, -0.15) is 0 Å². The van der Waals surface area contributed by atoms with Crippen LogP contribution in [0.15, 0.2) is 46.0 Å². The second-order valence-corrected chi connectivity index (χ2v) is 9.23. The first-order valence-corrected chi connectivity index (χ1v) is 10.5. The van der Waals surface area contributed by atoms with Gasteiger partial charge in [-0.3, -0.25) is 13.9 Å². The predicted octanol–water partition coefficient (Wildman–Crippen LogP) is 1.07. The van der Waals surface area contributed by atoms with Crippen molar-refractivity contribution in [2.24, 2.45) is 7.05 Å². The maximum absolute atomic E-state index is 12.6. The van der Waals surface area contributed by atoms with Crippen molar-refractivity contribution in [2.75, 3.05) is 5.75 Å². The molecule has 1 N–H and O–H groups in total. The molecular weight excluding hydrogens is 392 g/mol. The van der Waals surface area contributed by atoms with Crippen LogP contribution in [-0.2, 0) is 29.2 Å². The van der Waals surface area contributed by atoms with Crippen LogP contribution in [0.2, 0.25) is 0 Å². The van der Waals surface area contributed by atoms with Crippen molar-refractivity contribution >= 4 is 37.4 Å². The molecule has 10 heteroatoms. The van der Waals surface area contributed by atoms with Gasteiger partial charge >= 0.3 is 11.7 Å². The van der Waals surface area contributed by atoms with Gasteiger partial charge in [0.1, 0.15) is 9.71 Å². The van der Waals surface area contributed by atoms with Gasteiger partial charge in [-0.15, -0.1) is 11.3 Å². The highest BCUT2D eigenvalue weighted by atomic mass is 32.2. The Labute approximate surface area is 157 Å². The number of carboxylic acids is 1. The fraction of sp³-hybridized carbons (Fsp3) is 0.235. The highest BCUT2D eigenvalue weighted by molar-refractivity contribution is 7.90. The van der Waals surface area contributed by atoms with Crippen LogP contribution < -0.4 is 11.2 Å². The van der Waals surface area contributed by atoms with E-state index in [0.29, 0.717) is 5.56 Å². The Bertz CT molecular complexity index is 1240. The van der Waals surface area contributed by atoms with Gasteiger partial charge < -0.3 is 5.11 Å². The highest BCUT2D eigenvalue weighted by Crippen LogP contribution is 2.21. The minimum absolute atomic E-state index is 0.0634. The summed E-state index contributed by atoms with van der Waals surface area (Å²) < 4.78 is 26.7. The summed E-state index contributed by atoms with van der Waals surface area (Å²) in [6, 6.07) is 9.83. The van der Waals surface area contributed by atoms with Crippen LogP contribution >= 0.6 is 11.3 Å². The molecule has 2 aromatic heterocycles. The summed E-state index contributed by atoms with van der Waals surface area (Å²) >= 11 is 0.826. The Kier molecular flexibility index (Phi) is 5.03. The number of sulfone groups is 1. The van der Waals surface area contributed by atoms with Gasteiger partial charge in [0.05, 0.1) is 16.9 Å². The zero-order valence-electron chi connectivity index (χ0n) is 14.3. The molecule has 0 fully saturated rings. The molecule has 0 spiro atoms. The fourth-order valence-electron chi connectivity index (χ4n) is 2.72. The van der Waals surface area contributed by atoms with Crippen molar-refractivity contribution in [2.45, 2.75) is 12.3 Å². The zero-order valence-corrected chi connectivity index (χ0v) is 15.9. The lowest BCUT2D eigenvalue weighted by atomic mass is 10.2. The SMILES string of the molecule is Cn1c(=O)n(CCS(=O)(=O)Cc2ccccc2)c(=O)c2cc(C(=O)O)sc21. The van der Waals surface area contributed by atoms with Gasteiger partial charge in [-0.25, -0.2) is 18.0 Å². The second-order valence-electron chi connectivity index (χ2n) is 6.01. The molecule has 8 nitrogen and oxygen atoms in total. The highest BCUT2D eigenvalue weighted by Gasteiger charge is 2.19. The summed E-state index contributed by atoms with van der Waals surface area (Å²) in [6.07, 6.45) is 0. The number of rotatable bonds is 6. The van der Waals surface area contributed by atoms with E-state index in [2.05, 4.69) is 0 Å². The van der Waals surface area contributed by atoms with Crippen LogP contribution in [0, 0.1) is 0 Å². The first-order valence-electron chi connectivity index (χ1n) is 7.90. The summed E-state index contributed by atoms with van der Waals surface area (Å²) in [5.41, 5.74) is -0.745. The number of nitrogens with zero attached hydrogens (tertiary/aromatic N) is 2. The van der Waals surface area contributed by atoms with E-state index >= 15 is 0 Å². The van der Waals surface area contributed by atoms with E-state index in [9.17, 15) is 22.8 Å². The third-order valence-corrected chi connectivity index (χ3v) is 6.85. The molecule has 0 aliphatic heterocycles. The molecule has 142 valence electrons. The summed E-state index contributed by atoms with van der Waals surface area (Å²) in [6.45, 7) is -0.297. The lowest BCUT2D eigenvalue weighted by Gasteiger charge is -2.09. The minimum atomic E-state index is -3.54. The largest absolute Gasteiger partial charge is 0.477 e. The number of carboxylic acid groups (broad SMARTS) is 1. The molecule has 1 aromatic carbocycles. The first kappa shape index (κ1) is 19.1. The Morgan fingerprint density at radius 3 is 2.48 bits per heavy atom. The molecule has 3 rings (SSSR count). The number of hydrogen-bond acceptors (Lipinski definition) is 6. The van der Waals surface area contributed by atoms with E-state index in [1.165, 1.54) is 13.1 Å². The van der Waals surface area contributed by atoms with Crippen LogP contribution in [0.4, 0.5) is 0 Å². The Morgan fingerprint density at radius 1 is 1.19 bits per heavy atom. The smallest absolute Gasteiger partial charge is 0.345 e. The molecule has 0 unspecified atom stereocenters. The van der Waals surface area contributed by atoms with Gasteiger partial charge in [0.25, 0.3) is 5.56 Å². The summed E-state index contributed by atoms with van der Waals surface area (Å²) in [7, 11) is -2.12. The number of benzene rings is 1. The molecule has 0 aliphatic carbocycles. The Morgan fingerprint density at radius 2 is 1.85 bits per heavy atom. The quantitative estimate of drug-likeness (QED) is 0.652. The number of aryl methyl sites for hydroxylation is 1. The lowest BCUT2D eigenvalue weighted by Crippen LogP contribution is -2.40. The van der Waals surface area contributed by atoms with Gasteiger partial charge in [0, 0.05) is 13.6 Å². The minimum Gasteiger partial charge on any atom is -0.477 e. The van der Waals surface area contributed by atoms with Crippen LogP contribution in [0.5, 0.6) is 0 Å². The predicted molar refractivity (Wildman–Crippen MR) is 102 cm³/mol. The van der Waals surface area contributed by atoms with E-state index in [1.54, 1.807) is 30.3 Å². The number of carbonyl (C=O) groups is 1. The first-order chi connectivity index (χ1) is 12.7. The molecular formula is C17H16N2O6S2. The van der Waals surface area contributed by atoms with E-state index in [-0.39, 0.29) is 33.1 Å². The van der Waals surface area contributed by atoms with Crippen LogP contribution in [0.1, 0.15) is 15.2 Å². The molecule has 27 heavy (non-hydrogen) atoms. The van der Waals surface area contributed by atoms with Crippen molar-refractivity contribution in [3.05, 3.63) is 67.7 Å². The van der Waals surface area contributed by atoms with Crippen molar-refractivity contribution in [1.29, 1.82) is 0 Å². The van der Waals surface area contributed by atoms with E-state index in [0.717, 1.165) is 20.5 Å². The summed E-state index contributed by atoms with van der Waals surface area (Å²) in [5.74, 6) is -1.76. The van der Waals surface area contributed by atoms with E-state index in [1.807, 2.05) is 0 Å². The van der Waals surface area contributed by atoms with Crippen LogP contribution in [-0.4, -0.2) is 34.4 Å². The number of fused-ring (bicyclic) bond motifs is 1. The summed E-state index contributed by atoms with van der Waals surface area (Å²) in [4.78, 5) is 36.3. The third kappa shape index (κ3) is 3.86. The van der Waals surface area contributed by atoms with E-state index in [4.69, 9.17) is 5.11 Å². The molecule has 0 saturated carbocycles. The maximum atomic E-state index is 12.6. The second kappa shape index (κ2) is 7.12. The fourth-order valence-corrected chi connectivity index (χ4v) is 4.97. The number of hydrogen-bond donors (Lipinski definition) is 1. The van der Waals surface area contributed by atoms with Gasteiger partial charge in [0.15, 0.2) is 9.84 Å². The van der Waals surface area contributed by atoms with Crippen LogP contribution in [0.3, 0.4) is 0 Å². The number of aromatic nitrogens is 2. The standard InChI is InChI=1S/C17H16N2O6S2/c1-18-15-12(9-13(26-15)16(21)22)14(20)19(17(18)23)7-8-27(24,25)10-11-5-3-2-4-6-11/h2-6,9H,7-8,10H2,1H3,(H,21,22). The maximum Gasteiger partial charge on any atom is 0.345 e. The molecule has 0 radical (unpaired) electrons. The van der Waals surface area contributed by atoms with Gasteiger partial charge in [0.2, 0.25) is 0 Å². The number of aromatic carboxylic acids is 1. The lowest BCUT2D eigenvalue weighted by molar-refractivity contribution is 0.0702. The van der Waals surface area contributed by atoms with Crippen molar-refractivity contribution < 1.29 is 18.3 Å². The summed E-state index contributed by atoms with van der Waals surface area (Å²) in [5, 5.41) is 9.17. The number of thiophene rings is 1. The average molecular weight is 408 g/mol. The van der Waals surface area contributed by atoms with Crippen LogP contribution in [0.25, 0.3) is 10.2 Å². The normalized spacial score (nSPS) is 11.7. The van der Waals surface area contributed by atoms with Crippen molar-refractivity contribution in [1.82, 2.24) is 9.13 Å². The molecule has 3 aromatic rings. The molecule has 0 bridgehead atoms. The molecule has 2 heterocycles. The molecule has 0 amide bonds. The monoisotopic (exact) mass is 408 g/mol.